The molecule has 1 N–H and O–H groups in total. The SMILES string of the molecule is COC1=C2[P+](=O)C2(O)CC1. The zero-order chi connectivity index (χ0) is 7.35. The van der Waals surface area contributed by atoms with Gasteiger partial charge in [0.15, 0.2) is 5.76 Å². The molecule has 1 heterocycles. The van der Waals surface area contributed by atoms with Crippen LogP contribution in [0.25, 0.3) is 0 Å². The molecule has 2 unspecified atom stereocenters. The van der Waals surface area contributed by atoms with Crippen molar-refractivity contribution in [2.75, 3.05) is 7.11 Å². The number of hydrogen-bond acceptors (Lipinski definition) is 3. The minimum atomic E-state index is -1.48. The van der Waals surface area contributed by atoms with Crippen LogP contribution in [0.5, 0.6) is 0 Å². The highest BCUT2D eigenvalue weighted by molar-refractivity contribution is 7.61. The maximum absolute atomic E-state index is 11.0. The van der Waals surface area contributed by atoms with Gasteiger partial charge in [-0.05, 0) is 0 Å². The molecule has 2 atom stereocenters. The Labute approximate surface area is 59.5 Å². The summed E-state index contributed by atoms with van der Waals surface area (Å²) in [5.74, 6) is 0.739. The summed E-state index contributed by atoms with van der Waals surface area (Å²) in [6, 6.07) is 0. The van der Waals surface area contributed by atoms with E-state index in [1.165, 1.54) is 0 Å². The van der Waals surface area contributed by atoms with Crippen LogP contribution < -0.4 is 0 Å². The Kier molecular flexibility index (Phi) is 1.01. The summed E-state index contributed by atoms with van der Waals surface area (Å²) >= 11 is 0. The van der Waals surface area contributed by atoms with Gasteiger partial charge in [0.05, 0.1) is 7.11 Å². The van der Waals surface area contributed by atoms with E-state index in [1.807, 2.05) is 0 Å². The van der Waals surface area contributed by atoms with E-state index in [9.17, 15) is 9.67 Å². The monoisotopic (exact) mass is 159 g/mol. The van der Waals surface area contributed by atoms with Crippen molar-refractivity contribution in [3.05, 3.63) is 11.1 Å². The van der Waals surface area contributed by atoms with E-state index in [0.29, 0.717) is 11.7 Å². The van der Waals surface area contributed by atoms with Crippen molar-refractivity contribution in [1.82, 2.24) is 0 Å². The molecular weight excluding hydrogens is 151 g/mol. The standard InChI is InChI=1S/C6H8O3P/c1-9-4-2-3-6(7)5(4)10(6)8/h7H,2-3H2,1H3/q+1. The number of rotatable bonds is 1. The number of fused-ring (bicyclic) bond motifs is 1. The normalized spacial score (nSPS) is 40.0. The lowest BCUT2D eigenvalue weighted by molar-refractivity contribution is 0.200. The molecule has 54 valence electrons. The van der Waals surface area contributed by atoms with Gasteiger partial charge in [0.2, 0.25) is 0 Å². The van der Waals surface area contributed by atoms with Gasteiger partial charge < -0.3 is 9.84 Å². The lowest BCUT2D eigenvalue weighted by Gasteiger charge is -1.94. The van der Waals surface area contributed by atoms with Gasteiger partial charge in [0.1, 0.15) is 0 Å². The molecule has 0 spiro atoms. The fourth-order valence-electron chi connectivity index (χ4n) is 1.41. The molecule has 2 rings (SSSR count). The van der Waals surface area contributed by atoms with Crippen molar-refractivity contribution in [3.63, 3.8) is 0 Å². The first-order valence-corrected chi connectivity index (χ1v) is 4.43. The van der Waals surface area contributed by atoms with Gasteiger partial charge in [-0.15, -0.1) is 0 Å². The van der Waals surface area contributed by atoms with Gasteiger partial charge in [-0.1, -0.05) is 4.57 Å². The van der Waals surface area contributed by atoms with E-state index in [1.54, 1.807) is 7.11 Å². The number of hydrogen-bond donors (Lipinski definition) is 1. The van der Waals surface area contributed by atoms with Gasteiger partial charge in [-0.2, -0.15) is 0 Å². The van der Waals surface area contributed by atoms with Crippen LogP contribution in [0.1, 0.15) is 12.8 Å². The molecule has 0 aromatic carbocycles. The van der Waals surface area contributed by atoms with Crippen LogP contribution in [0.4, 0.5) is 0 Å². The average molecular weight is 159 g/mol. The Hall–Kier alpha value is -0.400. The highest BCUT2D eigenvalue weighted by atomic mass is 31.1. The van der Waals surface area contributed by atoms with Crippen LogP contribution in [0, 0.1) is 0 Å². The van der Waals surface area contributed by atoms with Crippen LogP contribution in [0.15, 0.2) is 11.1 Å². The second-order valence-corrected chi connectivity index (χ2v) is 4.36. The number of ether oxygens (including phenoxy) is 1. The van der Waals surface area contributed by atoms with E-state index in [-0.39, 0.29) is 0 Å². The van der Waals surface area contributed by atoms with Crippen molar-refractivity contribution < 1.29 is 14.4 Å². The minimum Gasteiger partial charge on any atom is -0.496 e. The van der Waals surface area contributed by atoms with Crippen molar-refractivity contribution in [1.29, 1.82) is 0 Å². The second-order valence-electron chi connectivity index (χ2n) is 2.59. The second kappa shape index (κ2) is 1.60. The van der Waals surface area contributed by atoms with Crippen LogP contribution >= 0.6 is 7.80 Å². The summed E-state index contributed by atoms with van der Waals surface area (Å²) in [7, 11) is 0.0758. The summed E-state index contributed by atoms with van der Waals surface area (Å²) in [5, 5.41) is 9.13. The van der Waals surface area contributed by atoms with Crippen LogP contribution in [0.2, 0.25) is 0 Å². The Balaban J connectivity index is 2.40. The van der Waals surface area contributed by atoms with E-state index in [4.69, 9.17) is 4.74 Å². The average Bonchev–Trinajstić information content (AvgIpc) is 2.37. The highest BCUT2D eigenvalue weighted by Gasteiger charge is 2.81. The number of aliphatic hydroxyl groups is 1. The van der Waals surface area contributed by atoms with Gasteiger partial charge in [0, 0.05) is 12.8 Å². The summed E-state index contributed by atoms with van der Waals surface area (Å²) in [6.07, 6.45) is 1.32. The zero-order valence-corrected chi connectivity index (χ0v) is 6.52. The highest BCUT2D eigenvalue weighted by Crippen LogP contribution is 2.76. The third-order valence-corrected chi connectivity index (χ3v) is 4.00. The first-order valence-electron chi connectivity index (χ1n) is 3.17. The molecule has 0 aromatic rings. The third kappa shape index (κ3) is 0.505. The molecule has 2 aliphatic rings. The van der Waals surface area contributed by atoms with E-state index in [0.717, 1.165) is 12.2 Å². The molecule has 1 fully saturated rings. The van der Waals surface area contributed by atoms with Gasteiger partial charge >= 0.3 is 13.1 Å². The molecule has 0 saturated carbocycles. The summed E-state index contributed by atoms with van der Waals surface area (Å²) in [5.41, 5.74) is 0. The van der Waals surface area contributed by atoms with Crippen LogP contribution in [-0.4, -0.2) is 17.6 Å². The molecule has 0 aromatic heterocycles. The van der Waals surface area contributed by atoms with E-state index < -0.39 is 13.1 Å². The molecule has 0 bridgehead atoms. The maximum atomic E-state index is 11.0. The van der Waals surface area contributed by atoms with Crippen molar-refractivity contribution in [3.8, 4) is 0 Å². The van der Waals surface area contributed by atoms with E-state index >= 15 is 0 Å². The first-order chi connectivity index (χ1) is 4.70. The van der Waals surface area contributed by atoms with Crippen LogP contribution in [-0.2, 0) is 9.30 Å². The summed E-state index contributed by atoms with van der Waals surface area (Å²) < 4.78 is 15.9. The predicted octanol–water partition coefficient (Wildman–Crippen LogP) is 1.17. The first kappa shape index (κ1) is 6.32. The number of allylic oxidation sites excluding steroid dienone is 1. The Morgan fingerprint density at radius 1 is 1.80 bits per heavy atom. The molecule has 0 radical (unpaired) electrons. The van der Waals surface area contributed by atoms with Gasteiger partial charge in [0.25, 0.3) is 5.31 Å². The fraction of sp³-hybridized carbons (Fsp3) is 0.667. The molecule has 4 heteroatoms. The topological polar surface area (TPSA) is 46.5 Å². The molecule has 3 nitrogen and oxygen atoms in total. The lowest BCUT2D eigenvalue weighted by Crippen LogP contribution is -1.99. The smallest absolute Gasteiger partial charge is 0.428 e. The molecule has 0 amide bonds. The van der Waals surface area contributed by atoms with E-state index in [2.05, 4.69) is 0 Å². The quantitative estimate of drug-likeness (QED) is 0.584. The fourth-order valence-corrected chi connectivity index (χ4v) is 3.02. The molecule has 10 heavy (non-hydrogen) atoms. The minimum absolute atomic E-state index is 0.584. The molecule has 1 aliphatic heterocycles. The van der Waals surface area contributed by atoms with Gasteiger partial charge in [-0.25, -0.2) is 0 Å². The summed E-state index contributed by atoms with van der Waals surface area (Å²) in [6.45, 7) is 0. The molecular formula is C6H8O3P+. The summed E-state index contributed by atoms with van der Waals surface area (Å²) in [4.78, 5) is 0. The largest absolute Gasteiger partial charge is 0.496 e. The predicted molar refractivity (Wildman–Crippen MR) is 35.8 cm³/mol. The Bertz CT molecular complexity index is 245. The van der Waals surface area contributed by atoms with Gasteiger partial charge in [-0.3, -0.25) is 0 Å². The lowest BCUT2D eigenvalue weighted by atomic mass is 10.3. The molecule has 1 aliphatic carbocycles. The third-order valence-electron chi connectivity index (χ3n) is 2.08. The van der Waals surface area contributed by atoms with Crippen molar-refractivity contribution in [2.24, 2.45) is 0 Å². The number of methoxy groups -OCH3 is 1. The molecule has 1 saturated heterocycles. The maximum Gasteiger partial charge on any atom is 0.428 e. The van der Waals surface area contributed by atoms with Crippen molar-refractivity contribution in [2.45, 2.75) is 18.2 Å². The Morgan fingerprint density at radius 3 is 2.80 bits per heavy atom. The Morgan fingerprint density at radius 2 is 2.50 bits per heavy atom. The zero-order valence-electron chi connectivity index (χ0n) is 5.63. The van der Waals surface area contributed by atoms with Crippen molar-refractivity contribution >= 4 is 7.80 Å². The van der Waals surface area contributed by atoms with Crippen LogP contribution in [0.3, 0.4) is 0 Å².